The van der Waals surface area contributed by atoms with Crippen molar-refractivity contribution in [2.24, 2.45) is 5.73 Å². The number of rotatable bonds is 5. The average molecular weight is 451 g/mol. The van der Waals surface area contributed by atoms with Crippen LogP contribution in [0.5, 0.6) is 5.88 Å². The number of halogens is 6. The summed E-state index contributed by atoms with van der Waals surface area (Å²) in [5, 5.41) is 1.46. The standard InChI is InChI=1S/C17H12ClF5N4O3/c18-12-9(19)3-2-8(13(12)20)14(27-6-10(15(24)28)26-16(27)29)7-1-4-11(25-5-7)30-17(21,22)23/h1-5,10,14H,6H2,(H2,24,28)(H,26,29)/t10?,14-/m0/s1. The molecular weight excluding hydrogens is 439 g/mol. The molecule has 7 nitrogen and oxygen atoms in total. The fraction of sp³-hybridized carbons (Fsp3) is 0.235. The second-order valence-electron chi connectivity index (χ2n) is 6.20. The van der Waals surface area contributed by atoms with Crippen molar-refractivity contribution in [1.82, 2.24) is 15.2 Å². The SMILES string of the molecule is NC(=O)C1CN([C@@H](c2ccc(OC(F)(F)F)nc2)c2ccc(F)c(Cl)c2F)C(=O)N1. The summed E-state index contributed by atoms with van der Waals surface area (Å²) in [6, 6.07) is 0.645. The number of carbonyl (C=O) groups excluding carboxylic acids is 2. The van der Waals surface area contributed by atoms with Gasteiger partial charge in [0.25, 0.3) is 0 Å². The second-order valence-corrected chi connectivity index (χ2v) is 6.58. The number of nitrogens with one attached hydrogen (secondary N) is 1. The summed E-state index contributed by atoms with van der Waals surface area (Å²) in [6.07, 6.45) is -4.05. The number of pyridine rings is 1. The molecule has 1 aliphatic heterocycles. The molecule has 1 aromatic heterocycles. The van der Waals surface area contributed by atoms with Crippen LogP contribution in [0.25, 0.3) is 0 Å². The van der Waals surface area contributed by atoms with Crippen LogP contribution < -0.4 is 15.8 Å². The molecule has 3 rings (SSSR count). The van der Waals surface area contributed by atoms with Crippen molar-refractivity contribution in [3.05, 3.63) is 58.2 Å². The fourth-order valence-electron chi connectivity index (χ4n) is 2.95. The van der Waals surface area contributed by atoms with Gasteiger partial charge in [-0.3, -0.25) is 4.79 Å². The average Bonchev–Trinajstić information content (AvgIpc) is 3.04. The molecule has 1 saturated heterocycles. The van der Waals surface area contributed by atoms with Gasteiger partial charge in [-0.05, 0) is 17.7 Å². The molecule has 1 unspecified atom stereocenters. The number of primary amides is 1. The molecule has 1 aromatic carbocycles. The number of hydrogen-bond acceptors (Lipinski definition) is 4. The van der Waals surface area contributed by atoms with Gasteiger partial charge in [0, 0.05) is 17.8 Å². The van der Waals surface area contributed by atoms with E-state index >= 15 is 0 Å². The first-order valence-corrected chi connectivity index (χ1v) is 8.57. The summed E-state index contributed by atoms with van der Waals surface area (Å²) in [5.74, 6) is -3.88. The van der Waals surface area contributed by atoms with E-state index in [-0.39, 0.29) is 17.7 Å². The Kier molecular flexibility index (Phi) is 5.70. The zero-order valence-electron chi connectivity index (χ0n) is 14.7. The number of nitrogens with two attached hydrogens (primary N) is 1. The molecule has 0 spiro atoms. The maximum absolute atomic E-state index is 14.7. The Balaban J connectivity index is 2.06. The number of urea groups is 1. The number of hydrogen-bond donors (Lipinski definition) is 2. The summed E-state index contributed by atoms with van der Waals surface area (Å²) < 4.78 is 69.1. The lowest BCUT2D eigenvalue weighted by Crippen LogP contribution is -2.39. The topological polar surface area (TPSA) is 97.6 Å². The second kappa shape index (κ2) is 7.94. The molecule has 1 fully saturated rings. The number of nitrogens with zero attached hydrogens (tertiary/aromatic N) is 2. The summed E-state index contributed by atoms with van der Waals surface area (Å²) >= 11 is 5.63. The Bertz CT molecular complexity index is 987. The van der Waals surface area contributed by atoms with Crippen LogP contribution in [-0.4, -0.2) is 40.8 Å². The number of carbonyl (C=O) groups is 2. The zero-order chi connectivity index (χ0) is 22.2. The number of amides is 3. The monoisotopic (exact) mass is 450 g/mol. The van der Waals surface area contributed by atoms with Crippen molar-refractivity contribution in [3.8, 4) is 5.88 Å². The molecule has 0 saturated carbocycles. The van der Waals surface area contributed by atoms with Crippen LogP contribution in [0.4, 0.5) is 26.7 Å². The van der Waals surface area contributed by atoms with Gasteiger partial charge in [-0.15, -0.1) is 13.2 Å². The zero-order valence-corrected chi connectivity index (χ0v) is 15.5. The molecule has 160 valence electrons. The van der Waals surface area contributed by atoms with E-state index in [9.17, 15) is 31.5 Å². The first-order chi connectivity index (χ1) is 14.0. The molecule has 0 bridgehead atoms. The number of alkyl halides is 3. The van der Waals surface area contributed by atoms with Gasteiger partial charge in [0.2, 0.25) is 11.8 Å². The van der Waals surface area contributed by atoms with Gasteiger partial charge in [-0.1, -0.05) is 17.7 Å². The first kappa shape index (κ1) is 21.6. The summed E-state index contributed by atoms with van der Waals surface area (Å²) in [7, 11) is 0. The Hall–Kier alpha value is -3.15. The van der Waals surface area contributed by atoms with Gasteiger partial charge in [0.1, 0.15) is 22.7 Å². The van der Waals surface area contributed by atoms with E-state index in [0.29, 0.717) is 0 Å². The predicted octanol–water partition coefficient (Wildman–Crippen LogP) is 2.88. The lowest BCUT2D eigenvalue weighted by Gasteiger charge is -2.28. The highest BCUT2D eigenvalue weighted by Gasteiger charge is 2.39. The van der Waals surface area contributed by atoms with E-state index in [2.05, 4.69) is 15.0 Å². The van der Waals surface area contributed by atoms with Gasteiger partial charge in [0.15, 0.2) is 0 Å². The maximum atomic E-state index is 14.7. The van der Waals surface area contributed by atoms with E-state index < -0.39 is 52.9 Å². The van der Waals surface area contributed by atoms with E-state index in [1.807, 2.05) is 0 Å². The van der Waals surface area contributed by atoms with E-state index in [1.165, 1.54) is 0 Å². The molecule has 1 aliphatic rings. The normalized spacial score (nSPS) is 17.6. The molecule has 3 N–H and O–H groups in total. The van der Waals surface area contributed by atoms with Gasteiger partial charge < -0.3 is 20.7 Å². The van der Waals surface area contributed by atoms with Crippen molar-refractivity contribution < 1.29 is 36.3 Å². The fourth-order valence-corrected chi connectivity index (χ4v) is 3.12. The van der Waals surface area contributed by atoms with E-state index in [0.717, 1.165) is 35.4 Å². The molecule has 2 heterocycles. The largest absolute Gasteiger partial charge is 0.574 e. The molecule has 0 radical (unpaired) electrons. The van der Waals surface area contributed by atoms with Gasteiger partial charge in [0.05, 0.1) is 12.6 Å². The smallest absolute Gasteiger partial charge is 0.388 e. The van der Waals surface area contributed by atoms with Crippen molar-refractivity contribution in [1.29, 1.82) is 0 Å². The molecular formula is C17H12ClF5N4O3. The maximum Gasteiger partial charge on any atom is 0.574 e. The van der Waals surface area contributed by atoms with Gasteiger partial charge in [-0.2, -0.15) is 0 Å². The minimum Gasteiger partial charge on any atom is -0.388 e. The third-order valence-electron chi connectivity index (χ3n) is 4.25. The molecule has 3 amide bonds. The highest BCUT2D eigenvalue weighted by atomic mass is 35.5. The summed E-state index contributed by atoms with van der Waals surface area (Å²) in [4.78, 5) is 28.3. The van der Waals surface area contributed by atoms with Crippen LogP contribution >= 0.6 is 11.6 Å². The lowest BCUT2D eigenvalue weighted by atomic mass is 9.97. The van der Waals surface area contributed by atoms with Crippen LogP contribution in [0, 0.1) is 11.6 Å². The molecule has 0 aliphatic carbocycles. The van der Waals surface area contributed by atoms with E-state index in [4.69, 9.17) is 17.3 Å². The molecule has 2 atom stereocenters. The number of aromatic nitrogens is 1. The van der Waals surface area contributed by atoms with Crippen molar-refractivity contribution in [2.75, 3.05) is 6.54 Å². The highest BCUT2D eigenvalue weighted by molar-refractivity contribution is 6.31. The molecule has 30 heavy (non-hydrogen) atoms. The van der Waals surface area contributed by atoms with Crippen LogP contribution in [0.1, 0.15) is 17.2 Å². The highest BCUT2D eigenvalue weighted by Crippen LogP contribution is 2.36. The van der Waals surface area contributed by atoms with Crippen molar-refractivity contribution in [3.63, 3.8) is 0 Å². The van der Waals surface area contributed by atoms with Crippen LogP contribution in [0.2, 0.25) is 5.02 Å². The quantitative estimate of drug-likeness (QED) is 0.540. The third-order valence-corrected chi connectivity index (χ3v) is 4.59. The Morgan fingerprint density at radius 3 is 2.53 bits per heavy atom. The first-order valence-electron chi connectivity index (χ1n) is 8.19. The number of benzene rings is 1. The predicted molar refractivity (Wildman–Crippen MR) is 92.4 cm³/mol. The third kappa shape index (κ3) is 4.37. The van der Waals surface area contributed by atoms with Crippen molar-refractivity contribution >= 4 is 23.5 Å². The van der Waals surface area contributed by atoms with Gasteiger partial charge in [-0.25, -0.2) is 18.6 Å². The Labute approximate surface area is 170 Å². The van der Waals surface area contributed by atoms with E-state index in [1.54, 1.807) is 0 Å². The minimum atomic E-state index is -4.98. The van der Waals surface area contributed by atoms with Crippen LogP contribution in [-0.2, 0) is 4.79 Å². The van der Waals surface area contributed by atoms with Gasteiger partial charge >= 0.3 is 12.4 Å². The Morgan fingerprint density at radius 2 is 2.00 bits per heavy atom. The minimum absolute atomic E-state index is 0.0476. The lowest BCUT2D eigenvalue weighted by molar-refractivity contribution is -0.276. The summed E-state index contributed by atoms with van der Waals surface area (Å²) in [5.41, 5.74) is 4.97. The Morgan fingerprint density at radius 1 is 1.30 bits per heavy atom. The molecule has 2 aromatic rings. The number of ether oxygens (including phenoxy) is 1. The van der Waals surface area contributed by atoms with Crippen LogP contribution in [0.15, 0.2) is 30.5 Å². The van der Waals surface area contributed by atoms with Crippen LogP contribution in [0.3, 0.4) is 0 Å². The summed E-state index contributed by atoms with van der Waals surface area (Å²) in [6.45, 7) is -0.284. The molecule has 13 heteroatoms. The van der Waals surface area contributed by atoms with Crippen molar-refractivity contribution in [2.45, 2.75) is 18.4 Å².